The Hall–Kier alpha value is -0.110. The van der Waals surface area contributed by atoms with Crippen LogP contribution in [0, 0.1) is 0 Å². The topological polar surface area (TPSA) is 83.8 Å². The molecule has 1 aliphatic rings. The molecular formula is C9H10MoO5Pb. The number of fused-ring (bicyclic) bond motifs is 1. The van der Waals surface area contributed by atoms with Gasteiger partial charge in [-0.25, -0.2) is 0 Å². The molecule has 0 bridgehead atoms. The van der Waals surface area contributed by atoms with E-state index in [9.17, 15) is 0 Å². The molecule has 7 heteroatoms. The van der Waals surface area contributed by atoms with Gasteiger partial charge in [-0.2, -0.15) is 0 Å². The van der Waals surface area contributed by atoms with Gasteiger partial charge in [0.15, 0.2) is 0 Å². The van der Waals surface area contributed by atoms with Crippen LogP contribution in [0.5, 0.6) is 5.75 Å². The first-order chi connectivity index (χ1) is 6.97. The van der Waals surface area contributed by atoms with E-state index < -0.39 is 16.7 Å². The fourth-order valence-corrected chi connectivity index (χ4v) is 1.08. The van der Waals surface area contributed by atoms with Crippen LogP contribution < -0.4 is 4.74 Å². The van der Waals surface area contributed by atoms with Gasteiger partial charge in [0, 0.05) is 27.3 Å². The Morgan fingerprint density at radius 1 is 1.19 bits per heavy atom. The van der Waals surface area contributed by atoms with Crippen molar-refractivity contribution < 1.29 is 35.8 Å². The molecule has 1 aromatic rings. The van der Waals surface area contributed by atoms with Crippen molar-refractivity contribution in [1.82, 2.24) is 0 Å². The van der Waals surface area contributed by atoms with E-state index in [1.807, 2.05) is 24.3 Å². The minimum absolute atomic E-state index is 0. The molecule has 5 nitrogen and oxygen atoms in total. The van der Waals surface area contributed by atoms with Gasteiger partial charge in [0.2, 0.25) is 0 Å². The molecule has 16 heavy (non-hydrogen) atoms. The summed E-state index contributed by atoms with van der Waals surface area (Å²) in [5, 5.41) is 0. The van der Waals surface area contributed by atoms with E-state index in [2.05, 4.69) is 6.07 Å². The van der Waals surface area contributed by atoms with Gasteiger partial charge in [0.1, 0.15) is 5.75 Å². The van der Waals surface area contributed by atoms with Crippen LogP contribution in [0.4, 0.5) is 0 Å². The molecule has 4 radical (unpaired) electrons. The van der Waals surface area contributed by atoms with Crippen molar-refractivity contribution in [2.24, 2.45) is 0 Å². The van der Waals surface area contributed by atoms with Gasteiger partial charge in [0.05, 0.1) is 6.26 Å². The zero-order valence-corrected chi connectivity index (χ0v) is 14.1. The van der Waals surface area contributed by atoms with Crippen LogP contribution in [0.15, 0.2) is 36.6 Å². The molecule has 1 heterocycles. The number of benzene rings is 1. The van der Waals surface area contributed by atoms with Crippen LogP contribution in [-0.2, 0) is 30.0 Å². The summed E-state index contributed by atoms with van der Waals surface area (Å²) in [5.74, 6) is 0.991. The van der Waals surface area contributed by atoms with E-state index >= 15 is 0 Å². The number of hydrogen-bond acceptors (Lipinski definition) is 3. The number of ether oxygens (including phenoxy) is 1. The van der Waals surface area contributed by atoms with Gasteiger partial charge in [-0.3, -0.25) is 0 Å². The maximum absolute atomic E-state index is 8.85. The number of para-hydroxylation sites is 1. The standard InChI is InChI=1S/C9H8O.Mo.2H2O.2O.Pb/c1-2-6-9-8(4-1)5-3-7-10-9;;;;;;/h1-4,6-7H,5H2;;2*1H2;;;/q;+2;;;;;/p-2. The SMILES string of the molecule is C1=COc2ccccc2C1.[O]=[Mo](=[O])([OH])[OH].[Pb]. The summed E-state index contributed by atoms with van der Waals surface area (Å²) in [6.45, 7) is 0. The van der Waals surface area contributed by atoms with Gasteiger partial charge in [-0.15, -0.1) is 0 Å². The molecule has 0 atom stereocenters. The number of hydrogen-bond donors (Lipinski definition) is 2. The molecule has 0 amide bonds. The van der Waals surface area contributed by atoms with Gasteiger partial charge in [0.25, 0.3) is 0 Å². The summed E-state index contributed by atoms with van der Waals surface area (Å²) in [6, 6.07) is 8.08. The minimum atomic E-state index is -5.52. The fraction of sp³-hybridized carbons (Fsp3) is 0.111. The van der Waals surface area contributed by atoms with Crippen molar-refractivity contribution >= 4 is 27.3 Å². The van der Waals surface area contributed by atoms with Crippen LogP contribution in [0.2, 0.25) is 0 Å². The van der Waals surface area contributed by atoms with Crippen LogP contribution >= 0.6 is 0 Å². The van der Waals surface area contributed by atoms with Crippen molar-refractivity contribution in [1.29, 1.82) is 0 Å². The molecule has 2 N–H and O–H groups in total. The van der Waals surface area contributed by atoms with E-state index in [1.165, 1.54) is 5.56 Å². The molecule has 0 aromatic heterocycles. The predicted molar refractivity (Wildman–Crippen MR) is 51.5 cm³/mol. The summed E-state index contributed by atoms with van der Waals surface area (Å²) < 4.78 is 37.3. The number of rotatable bonds is 0. The van der Waals surface area contributed by atoms with Gasteiger partial charge in [-0.05, 0) is 24.1 Å². The molecule has 0 spiro atoms. The van der Waals surface area contributed by atoms with Gasteiger partial charge < -0.3 is 4.74 Å². The van der Waals surface area contributed by atoms with Crippen LogP contribution in [0.1, 0.15) is 5.56 Å². The van der Waals surface area contributed by atoms with Crippen molar-refractivity contribution in [3.63, 3.8) is 0 Å². The third-order valence-corrected chi connectivity index (χ3v) is 1.60. The second-order valence-corrected chi connectivity index (χ2v) is 4.95. The first-order valence-corrected chi connectivity index (χ1v) is 7.49. The largest absolute Gasteiger partial charge is 0 e. The van der Waals surface area contributed by atoms with E-state index in [1.54, 1.807) is 6.26 Å². The first-order valence-electron chi connectivity index (χ1n) is 4.06. The van der Waals surface area contributed by atoms with Gasteiger partial charge >= 0.3 is 31.1 Å². The number of allylic oxidation sites excluding steroid dienone is 1. The monoisotopic (exact) mass is 504 g/mol. The second-order valence-electron chi connectivity index (χ2n) is 2.75. The summed E-state index contributed by atoms with van der Waals surface area (Å²) in [5.41, 5.74) is 1.27. The molecule has 1 aromatic carbocycles. The Kier molecular flexibility index (Phi) is 7.21. The van der Waals surface area contributed by atoms with Crippen LogP contribution in [0.25, 0.3) is 0 Å². The average Bonchev–Trinajstić information content (AvgIpc) is 2.16. The molecule has 1 aliphatic heterocycles. The summed E-state index contributed by atoms with van der Waals surface area (Å²) >= 11 is -5.52. The van der Waals surface area contributed by atoms with Crippen molar-refractivity contribution in [3.8, 4) is 5.75 Å². The third-order valence-electron chi connectivity index (χ3n) is 1.60. The van der Waals surface area contributed by atoms with E-state index in [0.717, 1.165) is 12.2 Å². The zero-order chi connectivity index (χ0) is 11.3. The first kappa shape index (κ1) is 15.9. The maximum Gasteiger partial charge on any atom is 0 e. The Bertz CT molecular complexity index is 420. The zero-order valence-electron chi connectivity index (χ0n) is 8.20. The van der Waals surface area contributed by atoms with Crippen molar-refractivity contribution in [2.75, 3.05) is 0 Å². The van der Waals surface area contributed by atoms with E-state index in [4.69, 9.17) is 19.1 Å². The Labute approximate surface area is 117 Å². The fourth-order valence-electron chi connectivity index (χ4n) is 1.08. The molecule has 0 fully saturated rings. The van der Waals surface area contributed by atoms with Crippen LogP contribution in [0.3, 0.4) is 0 Å². The van der Waals surface area contributed by atoms with Gasteiger partial charge in [-0.1, -0.05) is 18.2 Å². The minimum Gasteiger partial charge on any atom is 0 e. The molecule has 2 rings (SSSR count). The summed E-state index contributed by atoms with van der Waals surface area (Å²) in [6.07, 6.45) is 4.75. The smallest absolute Gasteiger partial charge is 0 e. The Balaban J connectivity index is 0.000000330. The molecular weight excluding hydrogens is 491 g/mol. The maximum atomic E-state index is 8.85. The van der Waals surface area contributed by atoms with E-state index in [0.29, 0.717) is 0 Å². The van der Waals surface area contributed by atoms with E-state index in [-0.39, 0.29) is 27.3 Å². The Morgan fingerprint density at radius 3 is 2.31 bits per heavy atom. The quantitative estimate of drug-likeness (QED) is 0.504. The third kappa shape index (κ3) is 7.21. The normalized spacial score (nSPS) is 12.4. The summed E-state index contributed by atoms with van der Waals surface area (Å²) in [4.78, 5) is 0. The van der Waals surface area contributed by atoms with Crippen LogP contribution in [-0.4, -0.2) is 34.8 Å². The molecule has 0 aliphatic carbocycles. The Morgan fingerprint density at radius 2 is 1.75 bits per heavy atom. The van der Waals surface area contributed by atoms with Crippen molar-refractivity contribution in [2.45, 2.75) is 6.42 Å². The molecule has 0 unspecified atom stereocenters. The average molecular weight is 501 g/mol. The molecule has 0 saturated carbocycles. The molecule has 0 saturated heterocycles. The predicted octanol–water partition coefficient (Wildman–Crippen LogP) is 0.400. The second kappa shape index (κ2) is 7.26. The summed E-state index contributed by atoms with van der Waals surface area (Å²) in [7, 11) is 0. The van der Waals surface area contributed by atoms with Crippen molar-refractivity contribution in [3.05, 3.63) is 42.2 Å². The molecule has 86 valence electrons.